The summed E-state index contributed by atoms with van der Waals surface area (Å²) in [5, 5.41) is 3.91. The van der Waals surface area contributed by atoms with Crippen LogP contribution in [0.1, 0.15) is 32.3 Å². The maximum absolute atomic E-state index is 12.7. The van der Waals surface area contributed by atoms with E-state index < -0.39 is 11.0 Å². The average Bonchev–Trinajstić information content (AvgIpc) is 2.62. The van der Waals surface area contributed by atoms with Crippen LogP contribution in [-0.4, -0.2) is 34.0 Å². The first-order valence-corrected chi connectivity index (χ1v) is 11.5. The number of pyridine rings is 1. The molecule has 2 rings (SSSR count). The lowest BCUT2D eigenvalue weighted by molar-refractivity contribution is -0.125. The van der Waals surface area contributed by atoms with E-state index in [1.165, 1.54) is 11.8 Å². The van der Waals surface area contributed by atoms with Crippen LogP contribution in [0.2, 0.25) is 0 Å². The molecule has 150 valence electrons. The SMILES string of the molecule is CSC(Oc1cc(C)c2ncc(Br)cc2c1)C(=O)NC(C)(C)C#CCCCCl. The van der Waals surface area contributed by atoms with E-state index in [9.17, 15) is 4.79 Å². The van der Waals surface area contributed by atoms with E-state index in [0.29, 0.717) is 18.1 Å². The summed E-state index contributed by atoms with van der Waals surface area (Å²) in [6.07, 6.45) is 5.16. The van der Waals surface area contributed by atoms with E-state index in [1.807, 2.05) is 45.2 Å². The number of benzene rings is 1. The Bertz CT molecular complexity index is 908. The van der Waals surface area contributed by atoms with Crippen LogP contribution in [0.5, 0.6) is 5.75 Å². The first-order chi connectivity index (χ1) is 13.3. The number of alkyl halides is 1. The number of rotatable bonds is 7. The lowest BCUT2D eigenvalue weighted by Crippen LogP contribution is -2.47. The molecule has 1 amide bonds. The zero-order valence-corrected chi connectivity index (χ0v) is 19.6. The van der Waals surface area contributed by atoms with Crippen molar-refractivity contribution in [2.24, 2.45) is 0 Å². The van der Waals surface area contributed by atoms with Gasteiger partial charge in [0.05, 0.1) is 11.1 Å². The number of thioether (sulfide) groups is 1. The van der Waals surface area contributed by atoms with Gasteiger partial charge in [-0.25, -0.2) is 0 Å². The monoisotopic (exact) mass is 482 g/mol. The number of hydrogen-bond acceptors (Lipinski definition) is 4. The fourth-order valence-corrected chi connectivity index (χ4v) is 3.57. The normalized spacial score (nSPS) is 12.2. The molecule has 1 aromatic heterocycles. The third kappa shape index (κ3) is 6.58. The van der Waals surface area contributed by atoms with Gasteiger partial charge in [-0.3, -0.25) is 9.78 Å². The van der Waals surface area contributed by atoms with Crippen molar-refractivity contribution in [3.8, 4) is 17.6 Å². The highest BCUT2D eigenvalue weighted by atomic mass is 79.9. The molecular formula is C21H24BrClN2O2S. The van der Waals surface area contributed by atoms with Gasteiger partial charge in [0, 0.05) is 28.4 Å². The molecule has 0 bridgehead atoms. The molecule has 0 saturated heterocycles. The fraction of sp³-hybridized carbons (Fsp3) is 0.429. The minimum absolute atomic E-state index is 0.214. The Balaban J connectivity index is 2.13. The summed E-state index contributed by atoms with van der Waals surface area (Å²) in [6, 6.07) is 5.78. The van der Waals surface area contributed by atoms with Crippen molar-refractivity contribution in [1.29, 1.82) is 0 Å². The average molecular weight is 484 g/mol. The number of amides is 1. The molecule has 0 saturated carbocycles. The van der Waals surface area contributed by atoms with Crippen molar-refractivity contribution in [3.05, 3.63) is 34.4 Å². The van der Waals surface area contributed by atoms with Crippen LogP contribution in [0.4, 0.5) is 0 Å². The first-order valence-electron chi connectivity index (χ1n) is 8.89. The molecule has 28 heavy (non-hydrogen) atoms. The van der Waals surface area contributed by atoms with Gasteiger partial charge < -0.3 is 10.1 Å². The number of unbranched alkanes of at least 4 members (excludes halogenated alkanes) is 1. The number of hydrogen-bond donors (Lipinski definition) is 1. The van der Waals surface area contributed by atoms with E-state index in [-0.39, 0.29) is 5.91 Å². The fourth-order valence-electron chi connectivity index (χ4n) is 2.61. The molecule has 0 fully saturated rings. The van der Waals surface area contributed by atoms with Crippen molar-refractivity contribution in [2.75, 3.05) is 12.1 Å². The summed E-state index contributed by atoms with van der Waals surface area (Å²) in [5.74, 6) is 7.15. The second-order valence-corrected chi connectivity index (χ2v) is 9.05. The molecule has 1 heterocycles. The summed E-state index contributed by atoms with van der Waals surface area (Å²) in [4.78, 5) is 17.2. The lowest BCUT2D eigenvalue weighted by atomic mass is 10.1. The van der Waals surface area contributed by atoms with Gasteiger partial charge in [0.1, 0.15) is 5.75 Å². The highest BCUT2D eigenvalue weighted by Gasteiger charge is 2.25. The Morgan fingerprint density at radius 1 is 1.43 bits per heavy atom. The summed E-state index contributed by atoms with van der Waals surface area (Å²) in [6.45, 7) is 5.72. The molecule has 2 aromatic rings. The molecule has 0 aliphatic heterocycles. The minimum Gasteiger partial charge on any atom is -0.470 e. The second kappa shape index (κ2) is 10.4. The van der Waals surface area contributed by atoms with Crippen molar-refractivity contribution in [2.45, 2.75) is 44.6 Å². The molecule has 4 nitrogen and oxygen atoms in total. The van der Waals surface area contributed by atoms with Crippen molar-refractivity contribution < 1.29 is 9.53 Å². The van der Waals surface area contributed by atoms with Gasteiger partial charge in [-0.2, -0.15) is 0 Å². The zero-order valence-electron chi connectivity index (χ0n) is 16.4. The molecule has 7 heteroatoms. The second-order valence-electron chi connectivity index (χ2n) is 6.86. The zero-order chi connectivity index (χ0) is 20.7. The van der Waals surface area contributed by atoms with E-state index in [0.717, 1.165) is 27.4 Å². The standard InChI is InChI=1S/C21H24BrClN2O2S/c1-14-10-17(12-15-11-16(22)13-24-18(14)15)27-20(28-4)19(26)25-21(2,3)8-6-5-7-9-23/h10-13,20H,5,7,9H2,1-4H3,(H,25,26). The molecule has 1 unspecified atom stereocenters. The van der Waals surface area contributed by atoms with Gasteiger partial charge in [-0.15, -0.1) is 29.3 Å². The predicted octanol–water partition coefficient (Wildman–Crippen LogP) is 5.29. The topological polar surface area (TPSA) is 51.2 Å². The van der Waals surface area contributed by atoms with Gasteiger partial charge in [0.2, 0.25) is 5.44 Å². The number of nitrogens with zero attached hydrogens (tertiary/aromatic N) is 1. The van der Waals surface area contributed by atoms with Crippen LogP contribution in [-0.2, 0) is 4.79 Å². The Labute approximate surface area is 184 Å². The number of nitrogens with one attached hydrogen (secondary N) is 1. The number of aromatic nitrogens is 1. The van der Waals surface area contributed by atoms with Gasteiger partial charge >= 0.3 is 0 Å². The van der Waals surface area contributed by atoms with Crippen LogP contribution < -0.4 is 10.1 Å². The molecule has 0 radical (unpaired) electrons. The summed E-state index contributed by atoms with van der Waals surface area (Å²) in [5.41, 5.74) is 0.579. The van der Waals surface area contributed by atoms with E-state index in [1.54, 1.807) is 6.20 Å². The number of aryl methyl sites for hydroxylation is 1. The number of fused-ring (bicyclic) bond motifs is 1. The summed E-state index contributed by atoms with van der Waals surface area (Å²) >= 11 is 10.4. The van der Waals surface area contributed by atoms with Gasteiger partial charge in [-0.1, -0.05) is 5.92 Å². The van der Waals surface area contributed by atoms with Crippen molar-refractivity contribution in [1.82, 2.24) is 10.3 Å². The summed E-state index contributed by atoms with van der Waals surface area (Å²) < 4.78 is 6.88. The molecule has 1 atom stereocenters. The van der Waals surface area contributed by atoms with E-state index in [4.69, 9.17) is 16.3 Å². The highest BCUT2D eigenvalue weighted by Crippen LogP contribution is 2.27. The van der Waals surface area contributed by atoms with Gasteiger partial charge in [0.15, 0.2) is 0 Å². The van der Waals surface area contributed by atoms with Crippen molar-refractivity contribution >= 4 is 56.1 Å². The van der Waals surface area contributed by atoms with Crippen LogP contribution >= 0.6 is 39.3 Å². The van der Waals surface area contributed by atoms with Crippen LogP contribution in [0, 0.1) is 18.8 Å². The highest BCUT2D eigenvalue weighted by molar-refractivity contribution is 9.10. The maximum atomic E-state index is 12.7. The lowest BCUT2D eigenvalue weighted by Gasteiger charge is -2.24. The predicted molar refractivity (Wildman–Crippen MR) is 122 cm³/mol. The smallest absolute Gasteiger partial charge is 0.272 e. The van der Waals surface area contributed by atoms with E-state index in [2.05, 4.69) is 38.1 Å². The quantitative estimate of drug-likeness (QED) is 0.252. The molecular weight excluding hydrogens is 460 g/mol. The molecule has 0 spiro atoms. The Hall–Kier alpha value is -1.42. The number of carbonyl (C=O) groups excluding carboxylic acids is 1. The Morgan fingerprint density at radius 3 is 2.86 bits per heavy atom. The Kier molecular flexibility index (Phi) is 8.48. The molecule has 0 aliphatic carbocycles. The molecule has 0 aliphatic rings. The summed E-state index contributed by atoms with van der Waals surface area (Å²) in [7, 11) is 0. The third-order valence-electron chi connectivity index (χ3n) is 3.86. The largest absolute Gasteiger partial charge is 0.470 e. The van der Waals surface area contributed by atoms with E-state index >= 15 is 0 Å². The first kappa shape index (κ1) is 22.9. The molecule has 1 aromatic carbocycles. The number of halogens is 2. The van der Waals surface area contributed by atoms with Gasteiger partial charge in [0.25, 0.3) is 5.91 Å². The Morgan fingerprint density at radius 2 is 2.18 bits per heavy atom. The number of carbonyl (C=O) groups is 1. The minimum atomic E-state index is -0.680. The van der Waals surface area contributed by atoms with Gasteiger partial charge in [-0.05, 0) is 73.1 Å². The van der Waals surface area contributed by atoms with Crippen LogP contribution in [0.15, 0.2) is 28.9 Å². The molecule has 1 N–H and O–H groups in total. The third-order valence-corrected chi connectivity index (χ3v) is 5.30. The van der Waals surface area contributed by atoms with Crippen LogP contribution in [0.3, 0.4) is 0 Å². The van der Waals surface area contributed by atoms with Crippen LogP contribution in [0.25, 0.3) is 10.9 Å². The maximum Gasteiger partial charge on any atom is 0.272 e. The number of ether oxygens (including phenoxy) is 1. The van der Waals surface area contributed by atoms with Crippen molar-refractivity contribution in [3.63, 3.8) is 0 Å².